The van der Waals surface area contributed by atoms with E-state index in [1.807, 2.05) is 12.1 Å². The van der Waals surface area contributed by atoms with Crippen molar-refractivity contribution >= 4 is 60.8 Å². The monoisotopic (exact) mass is 766 g/mol. The zero-order chi connectivity index (χ0) is 39.7. The maximum atomic E-state index is 6.35. The van der Waals surface area contributed by atoms with Gasteiger partial charge >= 0.3 is 0 Å². The van der Waals surface area contributed by atoms with Gasteiger partial charge in [0.15, 0.2) is 0 Å². The Morgan fingerprint density at radius 1 is 0.433 bits per heavy atom. The van der Waals surface area contributed by atoms with Gasteiger partial charge in [0, 0.05) is 61.2 Å². The third-order valence-electron chi connectivity index (χ3n) is 13.3. The molecule has 0 N–H and O–H groups in total. The van der Waals surface area contributed by atoms with E-state index >= 15 is 0 Å². The van der Waals surface area contributed by atoms with Crippen molar-refractivity contribution in [3.05, 3.63) is 205 Å². The van der Waals surface area contributed by atoms with E-state index in [1.165, 1.54) is 77.6 Å². The molecule has 3 heterocycles. The number of fused-ring (bicyclic) bond motifs is 9. The smallest absolute Gasteiger partial charge is 0.137 e. The molecule has 3 heteroatoms. The lowest BCUT2D eigenvalue weighted by molar-refractivity contribution is 0.661. The van der Waals surface area contributed by atoms with Crippen LogP contribution in [-0.2, 0) is 5.41 Å². The number of benzene rings is 9. The predicted molar refractivity (Wildman–Crippen MR) is 250 cm³/mol. The maximum absolute atomic E-state index is 6.35. The molecule has 0 saturated carbocycles. The molecule has 1 aliphatic carbocycles. The first-order chi connectivity index (χ1) is 29.5. The largest absolute Gasteiger partial charge is 0.456 e. The van der Waals surface area contributed by atoms with Crippen LogP contribution in [0.4, 0.5) is 17.1 Å². The first-order valence-electron chi connectivity index (χ1n) is 20.8. The highest BCUT2D eigenvalue weighted by atomic mass is 16.3. The van der Waals surface area contributed by atoms with Gasteiger partial charge < -0.3 is 13.9 Å². The van der Waals surface area contributed by atoms with Gasteiger partial charge in [-0.15, -0.1) is 0 Å². The normalized spacial score (nSPS) is 13.3. The molecule has 11 aromatic rings. The molecule has 0 fully saturated rings. The standard InChI is InChI=1S/C57H38N2O/c1-57(2)47-21-11-20-45-42-17-6-8-22-49(42)59-50-23-12-19-41(53(50)46-31-32-48(57)55(54(45)47)56(46)59)36-27-25-35(26-28-36)37-13-10-16-39(33-37)58(38-14-4-3-5-15-38)40-29-30-44-43-18-7-9-24-51(43)60-52(44)34-40/h3-34H,1-2H3. The summed E-state index contributed by atoms with van der Waals surface area (Å²) in [6, 6.07) is 70.9. The van der Waals surface area contributed by atoms with E-state index in [-0.39, 0.29) is 5.41 Å². The summed E-state index contributed by atoms with van der Waals surface area (Å²) in [7, 11) is 0. The Morgan fingerprint density at radius 2 is 1.10 bits per heavy atom. The van der Waals surface area contributed by atoms with Crippen LogP contribution < -0.4 is 4.90 Å². The topological polar surface area (TPSA) is 21.3 Å². The number of furan rings is 1. The number of anilines is 3. The first-order valence-corrected chi connectivity index (χ1v) is 20.8. The van der Waals surface area contributed by atoms with E-state index in [4.69, 9.17) is 4.42 Å². The Kier molecular flexibility index (Phi) is 6.78. The lowest BCUT2D eigenvalue weighted by Gasteiger charge is -2.26. The van der Waals surface area contributed by atoms with Crippen LogP contribution >= 0.6 is 0 Å². The van der Waals surface area contributed by atoms with Gasteiger partial charge in [0.2, 0.25) is 0 Å². The molecule has 282 valence electrons. The molecule has 0 radical (unpaired) electrons. The minimum Gasteiger partial charge on any atom is -0.456 e. The van der Waals surface area contributed by atoms with E-state index in [0.717, 1.165) is 44.6 Å². The Morgan fingerprint density at radius 3 is 2.00 bits per heavy atom. The number of aromatic nitrogens is 1. The van der Waals surface area contributed by atoms with Crippen LogP contribution in [0.3, 0.4) is 0 Å². The zero-order valence-corrected chi connectivity index (χ0v) is 33.3. The molecule has 0 saturated heterocycles. The fraction of sp³-hybridized carbons (Fsp3) is 0.0526. The molecule has 0 spiro atoms. The summed E-state index contributed by atoms with van der Waals surface area (Å²) in [5, 5.41) is 4.85. The molecule has 60 heavy (non-hydrogen) atoms. The lowest BCUT2D eigenvalue weighted by atomic mass is 9.81. The van der Waals surface area contributed by atoms with Crippen LogP contribution in [0.5, 0.6) is 0 Å². The minimum absolute atomic E-state index is 0.0847. The van der Waals surface area contributed by atoms with Gasteiger partial charge in [-0.3, -0.25) is 0 Å². The van der Waals surface area contributed by atoms with Crippen LogP contribution in [0.15, 0.2) is 199 Å². The molecular formula is C57H38N2O. The van der Waals surface area contributed by atoms with E-state index in [1.54, 1.807) is 0 Å². The molecule has 0 unspecified atom stereocenters. The molecule has 9 aromatic carbocycles. The molecule has 0 bridgehead atoms. The molecule has 2 aromatic heterocycles. The van der Waals surface area contributed by atoms with Gasteiger partial charge in [0.1, 0.15) is 11.2 Å². The average Bonchev–Trinajstić information content (AvgIpc) is 3.89. The van der Waals surface area contributed by atoms with Gasteiger partial charge in [-0.25, -0.2) is 0 Å². The second kappa shape index (κ2) is 12.2. The Bertz CT molecular complexity index is 3570. The highest BCUT2D eigenvalue weighted by Crippen LogP contribution is 2.58. The molecule has 0 atom stereocenters. The van der Waals surface area contributed by atoms with Crippen molar-refractivity contribution in [2.45, 2.75) is 19.3 Å². The maximum Gasteiger partial charge on any atom is 0.137 e. The fourth-order valence-corrected chi connectivity index (χ4v) is 10.6. The molecule has 13 rings (SSSR count). The van der Waals surface area contributed by atoms with E-state index < -0.39 is 0 Å². The highest BCUT2D eigenvalue weighted by Gasteiger charge is 2.41. The van der Waals surface area contributed by atoms with Crippen molar-refractivity contribution in [1.29, 1.82) is 0 Å². The SMILES string of the molecule is CC1(C)c2cccc3c2-c2c1ccc1c4c(-c5ccc(-c6cccc(N(c7ccccc7)c7ccc8c(c7)oc7ccccc78)c6)cc5)cccc4n(c21)-c1ccccc1-3. The lowest BCUT2D eigenvalue weighted by Crippen LogP contribution is -2.15. The highest BCUT2D eigenvalue weighted by molar-refractivity contribution is 6.22. The zero-order valence-electron chi connectivity index (χ0n) is 33.3. The number of hydrogen-bond donors (Lipinski definition) is 0. The molecule has 2 aliphatic rings. The number of para-hydroxylation sites is 3. The summed E-state index contributed by atoms with van der Waals surface area (Å²) in [6.45, 7) is 4.77. The van der Waals surface area contributed by atoms with Crippen molar-refractivity contribution in [2.24, 2.45) is 0 Å². The first kappa shape index (κ1) is 33.4. The summed E-state index contributed by atoms with van der Waals surface area (Å²) in [5.74, 6) is 0. The Hall–Kier alpha value is -7.62. The third kappa shape index (κ3) is 4.55. The average molecular weight is 767 g/mol. The van der Waals surface area contributed by atoms with E-state index in [9.17, 15) is 0 Å². The quantitative estimate of drug-likeness (QED) is 0.174. The summed E-state index contributed by atoms with van der Waals surface area (Å²) >= 11 is 0. The van der Waals surface area contributed by atoms with Crippen molar-refractivity contribution in [2.75, 3.05) is 4.90 Å². The summed E-state index contributed by atoms with van der Waals surface area (Å²) in [4.78, 5) is 2.31. The van der Waals surface area contributed by atoms with Crippen molar-refractivity contribution < 1.29 is 4.42 Å². The second-order valence-corrected chi connectivity index (χ2v) is 16.9. The summed E-state index contributed by atoms with van der Waals surface area (Å²) < 4.78 is 8.90. The fourth-order valence-electron chi connectivity index (χ4n) is 10.6. The van der Waals surface area contributed by atoms with Crippen molar-refractivity contribution in [3.63, 3.8) is 0 Å². The van der Waals surface area contributed by atoms with Gasteiger partial charge in [0.05, 0.1) is 16.7 Å². The van der Waals surface area contributed by atoms with Crippen LogP contribution in [0.25, 0.3) is 93.9 Å². The van der Waals surface area contributed by atoms with Crippen molar-refractivity contribution in [1.82, 2.24) is 4.57 Å². The number of hydrogen-bond acceptors (Lipinski definition) is 2. The van der Waals surface area contributed by atoms with Crippen LogP contribution in [0.2, 0.25) is 0 Å². The van der Waals surface area contributed by atoms with E-state index in [2.05, 4.69) is 205 Å². The summed E-state index contributed by atoms with van der Waals surface area (Å²) in [5.41, 5.74) is 21.7. The predicted octanol–water partition coefficient (Wildman–Crippen LogP) is 15.8. The third-order valence-corrected chi connectivity index (χ3v) is 13.3. The summed E-state index contributed by atoms with van der Waals surface area (Å²) in [6.07, 6.45) is 0. The van der Waals surface area contributed by atoms with Crippen LogP contribution in [0.1, 0.15) is 25.0 Å². The number of nitrogens with zero attached hydrogens (tertiary/aromatic N) is 2. The van der Waals surface area contributed by atoms with Gasteiger partial charge in [-0.2, -0.15) is 0 Å². The van der Waals surface area contributed by atoms with Gasteiger partial charge in [-0.1, -0.05) is 147 Å². The van der Waals surface area contributed by atoms with Crippen LogP contribution in [0, 0.1) is 0 Å². The van der Waals surface area contributed by atoms with Gasteiger partial charge in [-0.05, 0) is 99.1 Å². The Labute approximate surface area is 348 Å². The molecule has 3 nitrogen and oxygen atoms in total. The van der Waals surface area contributed by atoms with Crippen LogP contribution in [-0.4, -0.2) is 4.57 Å². The van der Waals surface area contributed by atoms with Gasteiger partial charge in [0.25, 0.3) is 0 Å². The van der Waals surface area contributed by atoms with Crippen molar-refractivity contribution in [3.8, 4) is 50.2 Å². The number of rotatable bonds is 5. The second-order valence-electron chi connectivity index (χ2n) is 16.9. The Balaban J connectivity index is 0.939. The minimum atomic E-state index is -0.0847. The molecule has 0 amide bonds. The molecule has 1 aliphatic heterocycles. The van der Waals surface area contributed by atoms with E-state index in [0.29, 0.717) is 0 Å². The molecular weight excluding hydrogens is 729 g/mol.